The lowest BCUT2D eigenvalue weighted by molar-refractivity contribution is -0.0608. The first-order chi connectivity index (χ1) is 12.1. The van der Waals surface area contributed by atoms with Crippen LogP contribution in [0.4, 0.5) is 0 Å². The Labute approximate surface area is 150 Å². The van der Waals surface area contributed by atoms with Gasteiger partial charge in [-0.25, -0.2) is 0 Å². The maximum absolute atomic E-state index is 12.2. The molecule has 2 aliphatic rings. The Kier molecular flexibility index (Phi) is 6.10. The highest BCUT2D eigenvalue weighted by atomic mass is 16.5. The number of carbonyl (C=O) groups is 1. The van der Waals surface area contributed by atoms with Gasteiger partial charge in [0.15, 0.2) is 0 Å². The molecule has 3 rings (SSSR count). The third kappa shape index (κ3) is 4.22. The van der Waals surface area contributed by atoms with E-state index < -0.39 is 0 Å². The van der Waals surface area contributed by atoms with Crippen LogP contribution in [0.2, 0.25) is 0 Å². The molecule has 3 atom stereocenters. The molecular formula is C20H30N2O3. The van der Waals surface area contributed by atoms with Crippen molar-refractivity contribution in [3.63, 3.8) is 0 Å². The Hall–Kier alpha value is -1.43. The van der Waals surface area contributed by atoms with Crippen LogP contribution in [0.1, 0.15) is 35.2 Å². The molecule has 0 N–H and O–H groups in total. The normalized spacial score (nSPS) is 27.4. The van der Waals surface area contributed by atoms with Crippen molar-refractivity contribution in [2.24, 2.45) is 5.92 Å². The van der Waals surface area contributed by atoms with Gasteiger partial charge < -0.3 is 14.4 Å². The van der Waals surface area contributed by atoms with E-state index in [4.69, 9.17) is 9.47 Å². The largest absolute Gasteiger partial charge is 0.381 e. The van der Waals surface area contributed by atoms with Crippen LogP contribution in [-0.4, -0.2) is 68.8 Å². The summed E-state index contributed by atoms with van der Waals surface area (Å²) in [5.74, 6) is 0.590. The number of ether oxygens (including phenoxy) is 2. The highest BCUT2D eigenvalue weighted by molar-refractivity contribution is 5.94. The van der Waals surface area contributed by atoms with Gasteiger partial charge in [0.1, 0.15) is 0 Å². The van der Waals surface area contributed by atoms with E-state index in [1.54, 1.807) is 19.0 Å². The summed E-state index contributed by atoms with van der Waals surface area (Å²) >= 11 is 0. The number of nitrogens with zero attached hydrogens (tertiary/aromatic N) is 2. The smallest absolute Gasteiger partial charge is 0.253 e. The van der Waals surface area contributed by atoms with Crippen molar-refractivity contribution in [2.75, 3.05) is 41.0 Å². The molecule has 1 heterocycles. The summed E-state index contributed by atoms with van der Waals surface area (Å²) in [5, 5.41) is 0. The van der Waals surface area contributed by atoms with Crippen molar-refractivity contribution in [2.45, 2.75) is 38.0 Å². The van der Waals surface area contributed by atoms with Gasteiger partial charge in [-0.3, -0.25) is 9.69 Å². The van der Waals surface area contributed by atoms with E-state index in [0.717, 1.165) is 38.3 Å². The Morgan fingerprint density at radius 3 is 2.96 bits per heavy atom. The molecule has 1 aliphatic carbocycles. The number of morpholine rings is 1. The molecule has 5 nitrogen and oxygen atoms in total. The topological polar surface area (TPSA) is 42.0 Å². The first-order valence-corrected chi connectivity index (χ1v) is 9.25. The Bertz CT molecular complexity index is 590. The summed E-state index contributed by atoms with van der Waals surface area (Å²) in [4.78, 5) is 16.4. The fourth-order valence-electron chi connectivity index (χ4n) is 4.23. The maximum Gasteiger partial charge on any atom is 0.253 e. The fraction of sp³-hybridized carbons (Fsp3) is 0.650. The highest BCUT2D eigenvalue weighted by Gasteiger charge is 2.38. The van der Waals surface area contributed by atoms with Gasteiger partial charge in [-0.05, 0) is 30.5 Å². The van der Waals surface area contributed by atoms with E-state index in [-0.39, 0.29) is 5.91 Å². The molecule has 1 amide bonds. The van der Waals surface area contributed by atoms with Crippen molar-refractivity contribution in [1.82, 2.24) is 9.80 Å². The number of benzene rings is 1. The monoisotopic (exact) mass is 346 g/mol. The van der Waals surface area contributed by atoms with Gasteiger partial charge in [0.25, 0.3) is 5.91 Å². The minimum Gasteiger partial charge on any atom is -0.381 e. The predicted octanol–water partition coefficient (Wildman–Crippen LogP) is 2.40. The van der Waals surface area contributed by atoms with E-state index >= 15 is 0 Å². The van der Waals surface area contributed by atoms with Crippen molar-refractivity contribution in [3.8, 4) is 0 Å². The number of amides is 1. The molecule has 138 valence electrons. The Morgan fingerprint density at radius 2 is 2.20 bits per heavy atom. The first-order valence-electron chi connectivity index (χ1n) is 9.25. The van der Waals surface area contributed by atoms with E-state index in [9.17, 15) is 4.79 Å². The molecule has 0 radical (unpaired) electrons. The number of methoxy groups -OCH3 is 1. The minimum absolute atomic E-state index is 0.0515. The standard InChI is InChI=1S/C20H30N2O3/c1-21(2)20(23)16-7-4-6-15(12-16)13-22-10-11-25-14-18(22)17-8-5-9-19(17)24-3/h4,6-7,12,17-19H,5,8-11,13-14H2,1-3H3. The summed E-state index contributed by atoms with van der Waals surface area (Å²) in [6, 6.07) is 8.41. The van der Waals surface area contributed by atoms with Crippen molar-refractivity contribution >= 4 is 5.91 Å². The molecule has 0 spiro atoms. The van der Waals surface area contributed by atoms with Crippen LogP contribution in [0.15, 0.2) is 24.3 Å². The summed E-state index contributed by atoms with van der Waals surface area (Å²) in [7, 11) is 5.41. The maximum atomic E-state index is 12.2. The summed E-state index contributed by atoms with van der Waals surface area (Å²) < 4.78 is 11.5. The zero-order chi connectivity index (χ0) is 17.8. The average Bonchev–Trinajstić information content (AvgIpc) is 3.10. The van der Waals surface area contributed by atoms with Crippen molar-refractivity contribution < 1.29 is 14.3 Å². The van der Waals surface area contributed by atoms with E-state index in [1.807, 2.05) is 25.3 Å². The molecule has 1 saturated carbocycles. The second kappa shape index (κ2) is 8.30. The van der Waals surface area contributed by atoms with E-state index in [1.165, 1.54) is 18.4 Å². The zero-order valence-electron chi connectivity index (χ0n) is 15.6. The average molecular weight is 346 g/mol. The lowest BCUT2D eigenvalue weighted by atomic mass is 9.93. The molecule has 0 bridgehead atoms. The van der Waals surface area contributed by atoms with E-state index in [0.29, 0.717) is 18.1 Å². The van der Waals surface area contributed by atoms with Gasteiger partial charge >= 0.3 is 0 Å². The predicted molar refractivity (Wildman–Crippen MR) is 97.6 cm³/mol. The lowest BCUT2D eigenvalue weighted by Crippen LogP contribution is -2.50. The number of hydrogen-bond acceptors (Lipinski definition) is 4. The molecule has 1 aromatic carbocycles. The van der Waals surface area contributed by atoms with E-state index in [2.05, 4.69) is 11.0 Å². The van der Waals surface area contributed by atoms with Crippen LogP contribution in [0.5, 0.6) is 0 Å². The molecular weight excluding hydrogens is 316 g/mol. The van der Waals surface area contributed by atoms with Gasteiger partial charge in [0.05, 0.1) is 19.3 Å². The van der Waals surface area contributed by atoms with Gasteiger partial charge in [-0.2, -0.15) is 0 Å². The molecule has 1 aliphatic heterocycles. The van der Waals surface area contributed by atoms with Crippen LogP contribution >= 0.6 is 0 Å². The van der Waals surface area contributed by atoms with Crippen LogP contribution in [0.3, 0.4) is 0 Å². The highest BCUT2D eigenvalue weighted by Crippen LogP contribution is 2.34. The zero-order valence-corrected chi connectivity index (χ0v) is 15.6. The SMILES string of the molecule is COC1CCCC1C1COCCN1Cc1cccc(C(=O)N(C)C)c1. The summed E-state index contributed by atoms with van der Waals surface area (Å²) in [6.45, 7) is 3.34. The molecule has 1 aromatic rings. The van der Waals surface area contributed by atoms with Gasteiger partial charge in [0, 0.05) is 51.8 Å². The number of hydrogen-bond donors (Lipinski definition) is 0. The van der Waals surface area contributed by atoms with Crippen molar-refractivity contribution in [1.29, 1.82) is 0 Å². The molecule has 25 heavy (non-hydrogen) atoms. The molecule has 3 unspecified atom stereocenters. The number of rotatable bonds is 5. The van der Waals surface area contributed by atoms with Crippen LogP contribution < -0.4 is 0 Å². The van der Waals surface area contributed by atoms with Gasteiger partial charge in [-0.1, -0.05) is 18.6 Å². The molecule has 2 fully saturated rings. The van der Waals surface area contributed by atoms with Gasteiger partial charge in [0.2, 0.25) is 0 Å². The van der Waals surface area contributed by atoms with Crippen molar-refractivity contribution in [3.05, 3.63) is 35.4 Å². The Balaban J connectivity index is 1.73. The molecule has 5 heteroatoms. The third-order valence-electron chi connectivity index (χ3n) is 5.55. The first kappa shape index (κ1) is 18.4. The fourth-order valence-corrected chi connectivity index (χ4v) is 4.23. The third-order valence-corrected chi connectivity index (χ3v) is 5.55. The van der Waals surface area contributed by atoms with Crippen LogP contribution in [-0.2, 0) is 16.0 Å². The summed E-state index contributed by atoms with van der Waals surface area (Å²) in [6.07, 6.45) is 3.94. The molecule has 1 saturated heterocycles. The minimum atomic E-state index is 0.0515. The molecule has 0 aromatic heterocycles. The second-order valence-corrected chi connectivity index (χ2v) is 7.38. The summed E-state index contributed by atoms with van der Waals surface area (Å²) in [5.41, 5.74) is 1.94. The number of carbonyl (C=O) groups excluding carboxylic acids is 1. The quantitative estimate of drug-likeness (QED) is 0.821. The van der Waals surface area contributed by atoms with Crippen LogP contribution in [0.25, 0.3) is 0 Å². The van der Waals surface area contributed by atoms with Crippen LogP contribution in [0, 0.1) is 5.92 Å². The lowest BCUT2D eigenvalue weighted by Gasteiger charge is -2.40. The Morgan fingerprint density at radius 1 is 1.36 bits per heavy atom. The van der Waals surface area contributed by atoms with Gasteiger partial charge in [-0.15, -0.1) is 0 Å². The second-order valence-electron chi connectivity index (χ2n) is 7.38.